The summed E-state index contributed by atoms with van der Waals surface area (Å²) in [5, 5.41) is 8.98. The molecule has 224 valence electrons. The van der Waals surface area contributed by atoms with Crippen LogP contribution in [0.2, 0.25) is 5.02 Å². The van der Waals surface area contributed by atoms with E-state index in [1.165, 1.54) is 30.3 Å². The Morgan fingerprint density at radius 1 is 1.00 bits per heavy atom. The Labute approximate surface area is 248 Å². The maximum Gasteiger partial charge on any atom is 0.335 e. The van der Waals surface area contributed by atoms with E-state index in [-0.39, 0.29) is 56.8 Å². The Bertz CT molecular complexity index is 1950. The van der Waals surface area contributed by atoms with Gasteiger partial charge < -0.3 is 5.11 Å². The van der Waals surface area contributed by atoms with Crippen LogP contribution in [0.4, 0.5) is 4.39 Å². The molecule has 3 aromatic rings. The van der Waals surface area contributed by atoms with E-state index in [1.807, 2.05) is 0 Å². The number of sulfonamides is 2. The predicted octanol–water partition coefficient (Wildman–Crippen LogP) is 3.78. The first kappa shape index (κ1) is 30.6. The lowest BCUT2D eigenvalue weighted by Gasteiger charge is -2.35. The summed E-state index contributed by atoms with van der Waals surface area (Å²) in [6.45, 7) is 3.38. The van der Waals surface area contributed by atoms with E-state index in [0.29, 0.717) is 5.56 Å². The van der Waals surface area contributed by atoms with E-state index >= 15 is 0 Å². The minimum atomic E-state index is -4.37. The molecule has 15 heteroatoms. The Balaban J connectivity index is 1.39. The number of sulfone groups is 1. The van der Waals surface area contributed by atoms with Crippen molar-refractivity contribution in [2.24, 2.45) is 0 Å². The molecule has 0 spiro atoms. The summed E-state index contributed by atoms with van der Waals surface area (Å²) in [6.07, 6.45) is 0.190. The summed E-state index contributed by atoms with van der Waals surface area (Å²) in [4.78, 5) is 10.1. The van der Waals surface area contributed by atoms with Crippen molar-refractivity contribution in [3.8, 4) is 0 Å². The van der Waals surface area contributed by atoms with Gasteiger partial charge in [0.15, 0.2) is 0 Å². The summed E-state index contributed by atoms with van der Waals surface area (Å²) in [7, 11) is -12.7. The fourth-order valence-corrected chi connectivity index (χ4v) is 10.8. The number of hydrogen-bond acceptors (Lipinski definition) is 7. The summed E-state index contributed by atoms with van der Waals surface area (Å²) in [5.74, 6) is -2.02. The molecule has 0 unspecified atom stereocenters. The molecule has 3 aromatic carbocycles. The molecule has 0 saturated carbocycles. The molecular weight excluding hydrogens is 631 g/mol. The normalized spacial score (nSPS) is 18.7. The molecule has 2 aliphatic heterocycles. The van der Waals surface area contributed by atoms with Gasteiger partial charge in [0.25, 0.3) is 0 Å². The lowest BCUT2D eigenvalue weighted by molar-refractivity contribution is 0.0696. The molecular formula is C27H26ClFN2O8S3. The third-order valence-electron chi connectivity index (χ3n) is 7.69. The zero-order valence-electron chi connectivity index (χ0n) is 22.3. The Morgan fingerprint density at radius 3 is 2.29 bits per heavy atom. The maximum atomic E-state index is 14.1. The number of benzene rings is 3. The zero-order chi connectivity index (χ0) is 30.8. The summed E-state index contributed by atoms with van der Waals surface area (Å²) in [5.41, 5.74) is -0.473. The van der Waals surface area contributed by atoms with Crippen LogP contribution in [0.25, 0.3) is 0 Å². The number of nitrogens with zero attached hydrogens (tertiary/aromatic N) is 1. The maximum absolute atomic E-state index is 14.1. The molecule has 0 radical (unpaired) electrons. The van der Waals surface area contributed by atoms with Crippen LogP contribution < -0.4 is 4.72 Å². The second kappa shape index (κ2) is 10.4. The highest BCUT2D eigenvalue weighted by atomic mass is 35.5. The average Bonchev–Trinajstić information content (AvgIpc) is 2.92. The molecule has 2 heterocycles. The largest absolute Gasteiger partial charge is 0.478 e. The van der Waals surface area contributed by atoms with Crippen molar-refractivity contribution >= 4 is 47.5 Å². The number of halogens is 2. The molecule has 42 heavy (non-hydrogen) atoms. The van der Waals surface area contributed by atoms with Crippen LogP contribution in [0.15, 0.2) is 74.2 Å². The third kappa shape index (κ3) is 5.13. The van der Waals surface area contributed by atoms with Crippen molar-refractivity contribution in [1.29, 1.82) is 0 Å². The SMILES string of the molecule is CC1(C)c2ccc(F)cc2S(=O)(=O)c2cc(S(=O)(=O)NC3CCN(S(=O)(=O)c4cccc(C(=O)O)c4)CC3)c(Cl)cc21. The van der Waals surface area contributed by atoms with Gasteiger partial charge in [-0.25, -0.2) is 39.2 Å². The molecule has 0 atom stereocenters. The Morgan fingerprint density at radius 2 is 1.64 bits per heavy atom. The summed E-state index contributed by atoms with van der Waals surface area (Å²) >= 11 is 6.42. The zero-order valence-corrected chi connectivity index (χ0v) is 25.5. The standard InChI is InChI=1S/C27H26ClFN2O8S3/c1-27(2)20-7-6-17(29)13-23(20)40(34,35)24-15-25(22(28)14-21(24)27)41(36,37)30-18-8-10-31(11-9-18)42(38,39)19-5-3-4-16(12-19)26(32)33/h3-7,12-15,18,30H,8-11H2,1-2H3,(H,32,33). The minimum absolute atomic E-state index is 0.0460. The molecule has 0 aromatic heterocycles. The molecule has 0 bridgehead atoms. The van der Waals surface area contributed by atoms with E-state index in [4.69, 9.17) is 11.6 Å². The van der Waals surface area contributed by atoms with E-state index in [9.17, 15) is 39.5 Å². The van der Waals surface area contributed by atoms with Gasteiger partial charge in [-0.1, -0.05) is 37.6 Å². The number of hydrogen-bond donors (Lipinski definition) is 2. The van der Waals surface area contributed by atoms with Crippen LogP contribution in [-0.4, -0.2) is 59.8 Å². The van der Waals surface area contributed by atoms with Crippen molar-refractivity contribution in [2.75, 3.05) is 13.1 Å². The fraction of sp³-hybridized carbons (Fsp3) is 0.296. The van der Waals surface area contributed by atoms with Gasteiger partial charge in [0.1, 0.15) is 10.7 Å². The van der Waals surface area contributed by atoms with Crippen molar-refractivity contribution < 1.29 is 39.5 Å². The van der Waals surface area contributed by atoms with Crippen molar-refractivity contribution in [1.82, 2.24) is 9.03 Å². The summed E-state index contributed by atoms with van der Waals surface area (Å²) < 4.78 is 97.7. The van der Waals surface area contributed by atoms with Gasteiger partial charge in [0.2, 0.25) is 29.9 Å². The van der Waals surface area contributed by atoms with E-state index < -0.39 is 58.0 Å². The first-order valence-electron chi connectivity index (χ1n) is 12.7. The number of aromatic carboxylic acids is 1. The molecule has 1 fully saturated rings. The highest BCUT2D eigenvalue weighted by Crippen LogP contribution is 2.47. The summed E-state index contributed by atoms with van der Waals surface area (Å²) in [6, 6.07) is 10.0. The molecule has 10 nitrogen and oxygen atoms in total. The Hall–Kier alpha value is -2.88. The molecule has 5 rings (SSSR count). The van der Waals surface area contributed by atoms with Crippen molar-refractivity contribution in [3.63, 3.8) is 0 Å². The van der Waals surface area contributed by atoms with Crippen LogP contribution in [0.1, 0.15) is 48.2 Å². The van der Waals surface area contributed by atoms with Crippen LogP contribution >= 0.6 is 11.6 Å². The number of fused-ring (bicyclic) bond motifs is 2. The molecule has 2 aliphatic rings. The van der Waals surface area contributed by atoms with Gasteiger partial charge in [-0.15, -0.1) is 0 Å². The molecule has 2 N–H and O–H groups in total. The van der Waals surface area contributed by atoms with Crippen LogP contribution in [-0.2, 0) is 35.3 Å². The Kier molecular flexibility index (Phi) is 7.56. The fourth-order valence-electron chi connectivity index (χ4n) is 5.39. The monoisotopic (exact) mass is 656 g/mol. The van der Waals surface area contributed by atoms with E-state index in [1.54, 1.807) is 13.8 Å². The van der Waals surface area contributed by atoms with Crippen LogP contribution in [0, 0.1) is 5.82 Å². The topological polar surface area (TPSA) is 155 Å². The smallest absolute Gasteiger partial charge is 0.335 e. The van der Waals surface area contributed by atoms with Gasteiger partial charge in [-0.05, 0) is 66.4 Å². The van der Waals surface area contributed by atoms with Gasteiger partial charge in [-0.3, -0.25) is 0 Å². The molecule has 0 amide bonds. The van der Waals surface area contributed by atoms with Gasteiger partial charge >= 0.3 is 5.97 Å². The van der Waals surface area contributed by atoms with E-state index in [2.05, 4.69) is 4.72 Å². The highest BCUT2D eigenvalue weighted by molar-refractivity contribution is 7.92. The van der Waals surface area contributed by atoms with Crippen LogP contribution in [0.5, 0.6) is 0 Å². The lowest BCUT2D eigenvalue weighted by atomic mass is 9.77. The quantitative estimate of drug-likeness (QED) is 0.406. The number of rotatable bonds is 6. The first-order valence-corrected chi connectivity index (χ1v) is 17.5. The average molecular weight is 657 g/mol. The minimum Gasteiger partial charge on any atom is -0.478 e. The van der Waals surface area contributed by atoms with Gasteiger partial charge in [0, 0.05) is 24.5 Å². The number of nitrogens with one attached hydrogen (secondary N) is 1. The highest BCUT2D eigenvalue weighted by Gasteiger charge is 2.42. The predicted molar refractivity (Wildman–Crippen MR) is 151 cm³/mol. The number of carbonyl (C=O) groups is 1. The van der Waals surface area contributed by atoms with Gasteiger partial charge in [-0.2, -0.15) is 4.31 Å². The number of carboxylic acid groups (broad SMARTS) is 1. The second-order valence-corrected chi connectivity index (χ2v) is 16.6. The van der Waals surface area contributed by atoms with Crippen molar-refractivity contribution in [2.45, 2.75) is 57.7 Å². The second-order valence-electron chi connectivity index (χ2n) is 10.7. The lowest BCUT2D eigenvalue weighted by Crippen LogP contribution is -2.46. The molecule has 0 aliphatic carbocycles. The van der Waals surface area contributed by atoms with Crippen LogP contribution in [0.3, 0.4) is 0 Å². The number of piperidine rings is 1. The molecule has 1 saturated heterocycles. The number of carboxylic acids is 1. The van der Waals surface area contributed by atoms with E-state index in [0.717, 1.165) is 28.6 Å². The van der Waals surface area contributed by atoms with Gasteiger partial charge in [0.05, 0.1) is 25.3 Å². The van der Waals surface area contributed by atoms with Crippen molar-refractivity contribution in [3.05, 3.63) is 82.1 Å². The first-order chi connectivity index (χ1) is 19.5. The third-order valence-corrected chi connectivity index (χ3v) is 13.4.